The molecule has 5 heteroatoms. The van der Waals surface area contributed by atoms with Crippen LogP contribution in [0.1, 0.15) is 35.7 Å². The SMILES string of the molecule is CCCCOCCN1C(=O)C(=O)c2cc(C)cc(F)c21. The van der Waals surface area contributed by atoms with Gasteiger partial charge in [0.25, 0.3) is 11.7 Å². The number of ketones is 1. The minimum atomic E-state index is -0.677. The minimum Gasteiger partial charge on any atom is -0.380 e. The van der Waals surface area contributed by atoms with E-state index in [2.05, 4.69) is 6.92 Å². The predicted octanol–water partition coefficient (Wildman–Crippen LogP) is 2.48. The lowest BCUT2D eigenvalue weighted by Gasteiger charge is -2.17. The number of amides is 1. The maximum atomic E-state index is 14.0. The number of ether oxygens (including phenoxy) is 1. The van der Waals surface area contributed by atoms with Crippen molar-refractivity contribution < 1.29 is 18.7 Å². The molecule has 1 aliphatic rings. The highest BCUT2D eigenvalue weighted by molar-refractivity contribution is 6.52. The van der Waals surface area contributed by atoms with Crippen molar-refractivity contribution in [3.05, 3.63) is 29.1 Å². The summed E-state index contributed by atoms with van der Waals surface area (Å²) in [6, 6.07) is 2.88. The molecule has 1 aromatic carbocycles. The van der Waals surface area contributed by atoms with E-state index in [1.54, 1.807) is 13.0 Å². The fourth-order valence-electron chi connectivity index (χ4n) is 2.24. The number of Topliss-reactive ketones (excluding diaryl/α,β-unsaturated/α-hetero) is 1. The molecule has 0 N–H and O–H groups in total. The Bertz CT molecular complexity index is 542. The van der Waals surface area contributed by atoms with Crippen LogP contribution in [-0.4, -0.2) is 31.4 Å². The molecule has 0 radical (unpaired) electrons. The van der Waals surface area contributed by atoms with Crippen LogP contribution in [0.25, 0.3) is 0 Å². The van der Waals surface area contributed by atoms with Crippen LogP contribution in [0.3, 0.4) is 0 Å². The molecule has 0 unspecified atom stereocenters. The third-order valence-electron chi connectivity index (χ3n) is 3.26. The molecule has 0 bridgehead atoms. The van der Waals surface area contributed by atoms with Gasteiger partial charge in [-0.25, -0.2) is 4.39 Å². The third-order valence-corrected chi connectivity index (χ3v) is 3.26. The van der Waals surface area contributed by atoms with Crippen molar-refractivity contribution in [3.8, 4) is 0 Å². The lowest BCUT2D eigenvalue weighted by molar-refractivity contribution is -0.114. The molecule has 0 saturated carbocycles. The zero-order chi connectivity index (χ0) is 14.7. The standard InChI is InChI=1S/C15H18FNO3/c1-3-4-6-20-7-5-17-13-11(14(18)15(17)19)8-10(2)9-12(13)16/h8-9H,3-7H2,1-2H3. The molecule has 108 valence electrons. The Morgan fingerprint density at radius 2 is 2.00 bits per heavy atom. The van der Waals surface area contributed by atoms with Gasteiger partial charge in [-0.2, -0.15) is 0 Å². The van der Waals surface area contributed by atoms with Crippen LogP contribution in [0.15, 0.2) is 12.1 Å². The fraction of sp³-hybridized carbons (Fsp3) is 0.467. The first-order valence-corrected chi connectivity index (χ1v) is 6.80. The number of halogens is 1. The van der Waals surface area contributed by atoms with E-state index in [4.69, 9.17) is 4.74 Å². The highest BCUT2D eigenvalue weighted by Gasteiger charge is 2.37. The van der Waals surface area contributed by atoms with Crippen molar-refractivity contribution >= 4 is 17.4 Å². The number of anilines is 1. The Labute approximate surface area is 117 Å². The summed E-state index contributed by atoms with van der Waals surface area (Å²) in [6.07, 6.45) is 1.97. The summed E-state index contributed by atoms with van der Waals surface area (Å²) in [7, 11) is 0. The van der Waals surface area contributed by atoms with Gasteiger partial charge in [0.15, 0.2) is 0 Å². The van der Waals surface area contributed by atoms with E-state index >= 15 is 0 Å². The normalized spacial score (nSPS) is 14.1. The zero-order valence-electron chi connectivity index (χ0n) is 11.7. The summed E-state index contributed by atoms with van der Waals surface area (Å²) in [5, 5.41) is 0. The molecule has 0 fully saturated rings. The monoisotopic (exact) mass is 279 g/mol. The number of fused-ring (bicyclic) bond motifs is 1. The Balaban J connectivity index is 2.12. The second-order valence-corrected chi connectivity index (χ2v) is 4.89. The Kier molecular flexibility index (Phi) is 4.49. The molecule has 1 amide bonds. The molecule has 1 heterocycles. The smallest absolute Gasteiger partial charge is 0.299 e. The number of benzene rings is 1. The number of nitrogens with zero attached hydrogens (tertiary/aromatic N) is 1. The summed E-state index contributed by atoms with van der Waals surface area (Å²) >= 11 is 0. The topological polar surface area (TPSA) is 46.6 Å². The molecule has 0 saturated heterocycles. The number of carbonyl (C=O) groups is 2. The third kappa shape index (κ3) is 2.72. The van der Waals surface area contributed by atoms with E-state index in [0.29, 0.717) is 18.8 Å². The van der Waals surface area contributed by atoms with Crippen LogP contribution in [-0.2, 0) is 9.53 Å². The number of carbonyl (C=O) groups excluding carboxylic acids is 2. The van der Waals surface area contributed by atoms with Crippen LogP contribution in [0.5, 0.6) is 0 Å². The van der Waals surface area contributed by atoms with Gasteiger partial charge in [0.2, 0.25) is 0 Å². The van der Waals surface area contributed by atoms with Crippen LogP contribution < -0.4 is 4.90 Å². The highest BCUT2D eigenvalue weighted by Crippen LogP contribution is 2.32. The molecule has 20 heavy (non-hydrogen) atoms. The van der Waals surface area contributed by atoms with Gasteiger partial charge in [0, 0.05) is 13.2 Å². The summed E-state index contributed by atoms with van der Waals surface area (Å²) in [4.78, 5) is 24.9. The summed E-state index contributed by atoms with van der Waals surface area (Å²) in [5.41, 5.74) is 0.870. The van der Waals surface area contributed by atoms with E-state index in [9.17, 15) is 14.0 Å². The molecule has 1 aromatic rings. The predicted molar refractivity (Wildman–Crippen MR) is 73.5 cm³/mol. The minimum absolute atomic E-state index is 0.0877. The average Bonchev–Trinajstić information content (AvgIpc) is 2.64. The van der Waals surface area contributed by atoms with Crippen molar-refractivity contribution in [2.24, 2.45) is 0 Å². The summed E-state index contributed by atoms with van der Waals surface area (Å²) < 4.78 is 19.4. The van der Waals surface area contributed by atoms with Gasteiger partial charge in [0.05, 0.1) is 17.9 Å². The molecule has 1 aliphatic heterocycles. The second kappa shape index (κ2) is 6.13. The van der Waals surface area contributed by atoms with E-state index in [-0.39, 0.29) is 17.8 Å². The first-order valence-electron chi connectivity index (χ1n) is 6.80. The molecule has 0 spiro atoms. The molecule has 0 atom stereocenters. The highest BCUT2D eigenvalue weighted by atomic mass is 19.1. The number of aryl methyl sites for hydroxylation is 1. The number of hydrogen-bond acceptors (Lipinski definition) is 3. The molecular formula is C15H18FNO3. The molecular weight excluding hydrogens is 261 g/mol. The van der Waals surface area contributed by atoms with Crippen molar-refractivity contribution in [2.75, 3.05) is 24.7 Å². The average molecular weight is 279 g/mol. The van der Waals surface area contributed by atoms with E-state index in [0.717, 1.165) is 12.8 Å². The van der Waals surface area contributed by atoms with E-state index in [1.807, 2.05) is 0 Å². The maximum absolute atomic E-state index is 14.0. The van der Waals surface area contributed by atoms with Crippen LogP contribution in [0.4, 0.5) is 10.1 Å². The lowest BCUT2D eigenvalue weighted by Crippen LogP contribution is -2.33. The van der Waals surface area contributed by atoms with Gasteiger partial charge in [-0.1, -0.05) is 13.3 Å². The van der Waals surface area contributed by atoms with Gasteiger partial charge >= 0.3 is 0 Å². The number of hydrogen-bond donors (Lipinski definition) is 0. The summed E-state index contributed by atoms with van der Waals surface area (Å²) in [5.74, 6) is -1.85. The van der Waals surface area contributed by atoms with Crippen LogP contribution in [0, 0.1) is 12.7 Å². The molecule has 0 aliphatic carbocycles. The zero-order valence-corrected chi connectivity index (χ0v) is 11.7. The van der Waals surface area contributed by atoms with E-state index in [1.165, 1.54) is 11.0 Å². The van der Waals surface area contributed by atoms with Gasteiger partial charge in [0.1, 0.15) is 5.82 Å². The fourth-order valence-corrected chi connectivity index (χ4v) is 2.24. The first kappa shape index (κ1) is 14.7. The Hall–Kier alpha value is -1.75. The molecule has 4 nitrogen and oxygen atoms in total. The Morgan fingerprint density at radius 1 is 1.25 bits per heavy atom. The van der Waals surface area contributed by atoms with Crippen molar-refractivity contribution in [3.63, 3.8) is 0 Å². The van der Waals surface area contributed by atoms with E-state index < -0.39 is 17.5 Å². The first-order chi connectivity index (χ1) is 9.56. The van der Waals surface area contributed by atoms with Crippen LogP contribution >= 0.6 is 0 Å². The van der Waals surface area contributed by atoms with Gasteiger partial charge < -0.3 is 4.74 Å². The molecule has 2 rings (SSSR count). The molecule has 0 aromatic heterocycles. The number of unbranched alkanes of at least 4 members (excludes halogenated alkanes) is 1. The van der Waals surface area contributed by atoms with Crippen LogP contribution in [0.2, 0.25) is 0 Å². The van der Waals surface area contributed by atoms with Crippen molar-refractivity contribution in [1.29, 1.82) is 0 Å². The Morgan fingerprint density at radius 3 is 2.70 bits per heavy atom. The van der Waals surface area contributed by atoms with Crippen molar-refractivity contribution in [2.45, 2.75) is 26.7 Å². The van der Waals surface area contributed by atoms with Gasteiger partial charge in [-0.3, -0.25) is 14.5 Å². The lowest BCUT2D eigenvalue weighted by atomic mass is 10.1. The van der Waals surface area contributed by atoms with Gasteiger partial charge in [-0.15, -0.1) is 0 Å². The van der Waals surface area contributed by atoms with Crippen molar-refractivity contribution in [1.82, 2.24) is 0 Å². The second-order valence-electron chi connectivity index (χ2n) is 4.89. The van der Waals surface area contributed by atoms with Gasteiger partial charge in [-0.05, 0) is 31.0 Å². The number of rotatable bonds is 6. The largest absolute Gasteiger partial charge is 0.380 e. The quantitative estimate of drug-likeness (QED) is 0.593. The maximum Gasteiger partial charge on any atom is 0.299 e. The summed E-state index contributed by atoms with van der Waals surface area (Å²) in [6.45, 7) is 4.85.